The fraction of sp³-hybridized carbons (Fsp3) is 0.154. The number of hydrogen-bond acceptors (Lipinski definition) is 2. The first-order chi connectivity index (χ1) is 8.66. The van der Waals surface area contributed by atoms with Gasteiger partial charge in [-0.05, 0) is 36.2 Å². The van der Waals surface area contributed by atoms with Crippen LogP contribution in [0.25, 0.3) is 0 Å². The summed E-state index contributed by atoms with van der Waals surface area (Å²) in [5, 5.41) is 2.77. The van der Waals surface area contributed by atoms with Crippen LogP contribution in [0.4, 0.5) is 14.5 Å². The van der Waals surface area contributed by atoms with Crippen molar-refractivity contribution in [2.75, 3.05) is 11.9 Å². The minimum atomic E-state index is -0.600. The summed E-state index contributed by atoms with van der Waals surface area (Å²) in [6.07, 6.45) is 4.06. The molecule has 0 saturated heterocycles. The summed E-state index contributed by atoms with van der Waals surface area (Å²) in [6.45, 7) is 0.458. The third-order valence-electron chi connectivity index (χ3n) is 2.47. The molecule has 1 heterocycles. The largest absolute Gasteiger partial charge is 0.380 e. The fourth-order valence-corrected chi connectivity index (χ4v) is 1.99. The molecule has 1 aromatic heterocycles. The normalized spacial score (nSPS) is 10.4. The Morgan fingerprint density at radius 1 is 1.11 bits per heavy atom. The number of rotatable bonds is 4. The number of halogens is 3. The van der Waals surface area contributed by atoms with Gasteiger partial charge in [0.15, 0.2) is 0 Å². The highest BCUT2D eigenvalue weighted by atomic mass is 79.9. The molecule has 0 fully saturated rings. The van der Waals surface area contributed by atoms with E-state index in [-0.39, 0.29) is 5.69 Å². The molecule has 0 bridgehead atoms. The minimum absolute atomic E-state index is 0.0905. The topological polar surface area (TPSA) is 24.9 Å². The molecule has 2 aromatic rings. The van der Waals surface area contributed by atoms with E-state index in [1.165, 1.54) is 12.1 Å². The first-order valence-electron chi connectivity index (χ1n) is 5.44. The number of nitrogens with one attached hydrogen (secondary N) is 1. The Morgan fingerprint density at radius 3 is 2.33 bits per heavy atom. The van der Waals surface area contributed by atoms with Crippen molar-refractivity contribution in [3.05, 3.63) is 58.3 Å². The number of anilines is 1. The second-order valence-electron chi connectivity index (χ2n) is 3.78. The monoisotopic (exact) mass is 312 g/mol. The van der Waals surface area contributed by atoms with Crippen LogP contribution in [0.5, 0.6) is 0 Å². The Kier molecular flexibility index (Phi) is 4.25. The molecular formula is C13H11BrF2N2. The van der Waals surface area contributed by atoms with E-state index >= 15 is 0 Å². The first-order valence-corrected chi connectivity index (χ1v) is 6.23. The molecule has 18 heavy (non-hydrogen) atoms. The van der Waals surface area contributed by atoms with Crippen molar-refractivity contribution in [1.29, 1.82) is 0 Å². The Morgan fingerprint density at radius 2 is 1.72 bits per heavy atom. The molecule has 0 aliphatic heterocycles. The van der Waals surface area contributed by atoms with Gasteiger partial charge in [-0.2, -0.15) is 0 Å². The summed E-state index contributed by atoms with van der Waals surface area (Å²) >= 11 is 3.04. The van der Waals surface area contributed by atoms with Crippen LogP contribution >= 0.6 is 15.9 Å². The van der Waals surface area contributed by atoms with E-state index in [9.17, 15) is 8.78 Å². The summed E-state index contributed by atoms with van der Waals surface area (Å²) in [4.78, 5) is 3.90. The highest BCUT2D eigenvalue weighted by Crippen LogP contribution is 2.23. The van der Waals surface area contributed by atoms with Crippen LogP contribution in [-0.4, -0.2) is 11.5 Å². The zero-order valence-electron chi connectivity index (χ0n) is 9.46. The molecule has 0 atom stereocenters. The number of aromatic nitrogens is 1. The molecule has 0 aliphatic carbocycles. The van der Waals surface area contributed by atoms with E-state index in [1.54, 1.807) is 12.4 Å². The molecule has 0 amide bonds. The average Bonchev–Trinajstić information content (AvgIpc) is 2.34. The summed E-state index contributed by atoms with van der Waals surface area (Å²) in [5.74, 6) is -1.20. The molecule has 1 N–H and O–H groups in total. The third-order valence-corrected chi connectivity index (χ3v) is 2.93. The molecule has 5 heteroatoms. The van der Waals surface area contributed by atoms with Gasteiger partial charge < -0.3 is 5.32 Å². The van der Waals surface area contributed by atoms with Crippen LogP contribution < -0.4 is 5.32 Å². The van der Waals surface area contributed by atoms with Gasteiger partial charge in [-0.1, -0.05) is 15.9 Å². The molecule has 0 saturated carbocycles. The van der Waals surface area contributed by atoms with E-state index in [4.69, 9.17) is 0 Å². The van der Waals surface area contributed by atoms with Crippen LogP contribution in [0, 0.1) is 11.6 Å². The van der Waals surface area contributed by atoms with Crippen molar-refractivity contribution >= 4 is 21.6 Å². The van der Waals surface area contributed by atoms with Gasteiger partial charge in [-0.25, -0.2) is 8.78 Å². The third kappa shape index (κ3) is 3.26. The standard InChI is InChI=1S/C13H11BrF2N2/c14-10-7-11(15)13(12(16)8-10)18-6-3-9-1-4-17-5-2-9/h1-2,4-5,7-8,18H,3,6H2. The van der Waals surface area contributed by atoms with Gasteiger partial charge in [-0.3, -0.25) is 4.98 Å². The summed E-state index contributed by atoms with van der Waals surface area (Å²) in [5.41, 5.74) is 0.975. The van der Waals surface area contributed by atoms with Crippen molar-refractivity contribution in [3.63, 3.8) is 0 Å². The summed E-state index contributed by atoms with van der Waals surface area (Å²) in [6, 6.07) is 6.21. The zero-order chi connectivity index (χ0) is 13.0. The average molecular weight is 313 g/mol. The predicted molar refractivity (Wildman–Crippen MR) is 70.5 cm³/mol. The van der Waals surface area contributed by atoms with Gasteiger partial charge in [0.2, 0.25) is 0 Å². The summed E-state index contributed by atoms with van der Waals surface area (Å²) in [7, 11) is 0. The molecule has 2 rings (SSSR count). The Balaban J connectivity index is 1.99. The van der Waals surface area contributed by atoms with Crippen LogP contribution in [0.2, 0.25) is 0 Å². The number of nitrogens with zero attached hydrogens (tertiary/aromatic N) is 1. The molecule has 0 unspecified atom stereocenters. The van der Waals surface area contributed by atoms with Gasteiger partial charge in [0.25, 0.3) is 0 Å². The van der Waals surface area contributed by atoms with E-state index in [2.05, 4.69) is 26.2 Å². The second kappa shape index (κ2) is 5.91. The molecular weight excluding hydrogens is 302 g/mol. The van der Waals surface area contributed by atoms with Gasteiger partial charge in [-0.15, -0.1) is 0 Å². The van der Waals surface area contributed by atoms with Crippen molar-refractivity contribution in [3.8, 4) is 0 Å². The number of benzene rings is 1. The Labute approximate surface area is 112 Å². The van der Waals surface area contributed by atoms with Gasteiger partial charge in [0.05, 0.1) is 0 Å². The Bertz CT molecular complexity index is 509. The first kappa shape index (κ1) is 13.0. The smallest absolute Gasteiger partial charge is 0.150 e. The fourth-order valence-electron chi connectivity index (χ4n) is 1.59. The van der Waals surface area contributed by atoms with Gasteiger partial charge in [0, 0.05) is 23.4 Å². The van der Waals surface area contributed by atoms with Crippen molar-refractivity contribution in [2.45, 2.75) is 6.42 Å². The lowest BCUT2D eigenvalue weighted by Crippen LogP contribution is -2.08. The second-order valence-corrected chi connectivity index (χ2v) is 4.69. The zero-order valence-corrected chi connectivity index (χ0v) is 11.0. The van der Waals surface area contributed by atoms with Crippen LogP contribution in [0.3, 0.4) is 0 Å². The van der Waals surface area contributed by atoms with Crippen LogP contribution in [-0.2, 0) is 6.42 Å². The number of pyridine rings is 1. The predicted octanol–water partition coefficient (Wildman–Crippen LogP) is 3.78. The van der Waals surface area contributed by atoms with E-state index < -0.39 is 11.6 Å². The maximum atomic E-state index is 13.5. The summed E-state index contributed by atoms with van der Waals surface area (Å²) < 4.78 is 27.4. The van der Waals surface area contributed by atoms with Gasteiger partial charge in [0.1, 0.15) is 17.3 Å². The van der Waals surface area contributed by atoms with E-state index in [1.807, 2.05) is 12.1 Å². The van der Waals surface area contributed by atoms with Crippen molar-refractivity contribution < 1.29 is 8.78 Å². The quantitative estimate of drug-likeness (QED) is 0.929. The highest BCUT2D eigenvalue weighted by Gasteiger charge is 2.09. The molecule has 0 spiro atoms. The lowest BCUT2D eigenvalue weighted by Gasteiger charge is -2.09. The maximum absolute atomic E-state index is 13.5. The van der Waals surface area contributed by atoms with Crippen LogP contribution in [0.15, 0.2) is 41.1 Å². The SMILES string of the molecule is Fc1cc(Br)cc(F)c1NCCc1ccncc1. The van der Waals surface area contributed by atoms with Crippen LogP contribution in [0.1, 0.15) is 5.56 Å². The van der Waals surface area contributed by atoms with E-state index in [0.717, 1.165) is 5.56 Å². The minimum Gasteiger partial charge on any atom is -0.380 e. The molecule has 0 radical (unpaired) electrons. The lowest BCUT2D eigenvalue weighted by molar-refractivity contribution is 0.586. The maximum Gasteiger partial charge on any atom is 0.150 e. The highest BCUT2D eigenvalue weighted by molar-refractivity contribution is 9.10. The Hall–Kier alpha value is -1.49. The molecule has 94 valence electrons. The van der Waals surface area contributed by atoms with Gasteiger partial charge >= 0.3 is 0 Å². The molecule has 1 aromatic carbocycles. The molecule has 0 aliphatic rings. The molecule has 2 nitrogen and oxygen atoms in total. The lowest BCUT2D eigenvalue weighted by atomic mass is 10.2. The number of hydrogen-bond donors (Lipinski definition) is 1. The van der Waals surface area contributed by atoms with Crippen molar-refractivity contribution in [1.82, 2.24) is 4.98 Å². The van der Waals surface area contributed by atoms with Crippen molar-refractivity contribution in [2.24, 2.45) is 0 Å². The van der Waals surface area contributed by atoms with E-state index in [0.29, 0.717) is 17.4 Å².